The van der Waals surface area contributed by atoms with Crippen molar-refractivity contribution in [2.45, 2.75) is 0 Å². The molecule has 4 heteroatoms. The lowest BCUT2D eigenvalue weighted by atomic mass is 10.2. The summed E-state index contributed by atoms with van der Waals surface area (Å²) in [6.45, 7) is 0. The molecule has 90 valence electrons. The summed E-state index contributed by atoms with van der Waals surface area (Å²) in [5, 5.41) is 0.710. The van der Waals surface area contributed by atoms with Gasteiger partial charge in [0.1, 0.15) is 11.4 Å². The van der Waals surface area contributed by atoms with Crippen LogP contribution in [0.4, 0.5) is 0 Å². The number of fused-ring (bicyclic) bond motifs is 1. The molecule has 0 fully saturated rings. The van der Waals surface area contributed by atoms with Crippen LogP contribution in [0.1, 0.15) is 0 Å². The zero-order valence-electron chi connectivity index (χ0n) is 9.80. The molecular weight excluding hydrogens is 248 g/mol. The number of hydrogen-bond donors (Lipinski definition) is 0. The Labute approximate surface area is 110 Å². The van der Waals surface area contributed by atoms with Gasteiger partial charge in [-0.05, 0) is 18.2 Å². The molecule has 3 rings (SSSR count). The minimum atomic E-state index is 0.710. The van der Waals surface area contributed by atoms with Crippen molar-refractivity contribution in [3.63, 3.8) is 0 Å². The van der Waals surface area contributed by atoms with Crippen LogP contribution in [0, 0.1) is 0 Å². The van der Waals surface area contributed by atoms with E-state index in [0.29, 0.717) is 5.02 Å². The van der Waals surface area contributed by atoms with Crippen molar-refractivity contribution in [3.8, 4) is 17.0 Å². The van der Waals surface area contributed by atoms with E-state index in [4.69, 9.17) is 16.3 Å². The molecule has 2 heterocycles. The van der Waals surface area contributed by atoms with Crippen LogP contribution < -0.4 is 4.74 Å². The summed E-state index contributed by atoms with van der Waals surface area (Å²) in [6.07, 6.45) is 3.90. The zero-order valence-corrected chi connectivity index (χ0v) is 10.6. The molecule has 0 N–H and O–H groups in total. The molecule has 0 radical (unpaired) electrons. The van der Waals surface area contributed by atoms with Crippen molar-refractivity contribution in [3.05, 3.63) is 53.8 Å². The van der Waals surface area contributed by atoms with Crippen molar-refractivity contribution < 1.29 is 4.74 Å². The summed E-state index contributed by atoms with van der Waals surface area (Å²) in [4.78, 5) is 4.56. The van der Waals surface area contributed by atoms with Crippen LogP contribution in [0.2, 0.25) is 5.02 Å². The molecule has 0 aliphatic heterocycles. The Kier molecular flexibility index (Phi) is 2.68. The van der Waals surface area contributed by atoms with Crippen molar-refractivity contribution >= 4 is 17.2 Å². The van der Waals surface area contributed by atoms with E-state index in [1.165, 1.54) is 0 Å². The molecule has 0 bridgehead atoms. The predicted molar refractivity (Wildman–Crippen MR) is 72.2 cm³/mol. The quantitative estimate of drug-likeness (QED) is 0.701. The highest BCUT2D eigenvalue weighted by Crippen LogP contribution is 2.23. The highest BCUT2D eigenvalue weighted by molar-refractivity contribution is 6.30. The number of pyridine rings is 1. The van der Waals surface area contributed by atoms with E-state index in [1.54, 1.807) is 7.11 Å². The summed E-state index contributed by atoms with van der Waals surface area (Å²) in [7, 11) is 1.65. The molecule has 3 aromatic rings. The fourth-order valence-electron chi connectivity index (χ4n) is 1.88. The molecular formula is C14H11ClN2O. The molecule has 2 aromatic heterocycles. The first-order chi connectivity index (χ1) is 8.76. The summed E-state index contributed by atoms with van der Waals surface area (Å²) >= 11 is 5.99. The molecule has 1 aromatic carbocycles. The highest BCUT2D eigenvalue weighted by Gasteiger charge is 2.05. The minimum Gasteiger partial charge on any atom is -0.497 e. The molecule has 0 spiro atoms. The first-order valence-electron chi connectivity index (χ1n) is 5.55. The van der Waals surface area contributed by atoms with Gasteiger partial charge in [-0.3, -0.25) is 0 Å². The molecule has 0 atom stereocenters. The van der Waals surface area contributed by atoms with E-state index >= 15 is 0 Å². The van der Waals surface area contributed by atoms with Crippen LogP contribution in [0.15, 0.2) is 48.8 Å². The second kappa shape index (κ2) is 4.35. The average Bonchev–Trinajstić information content (AvgIpc) is 2.81. The summed E-state index contributed by atoms with van der Waals surface area (Å²) in [5.74, 6) is 0.797. The number of benzene rings is 1. The van der Waals surface area contributed by atoms with Crippen LogP contribution in [-0.4, -0.2) is 16.5 Å². The van der Waals surface area contributed by atoms with Crippen LogP contribution in [0.25, 0.3) is 16.9 Å². The minimum absolute atomic E-state index is 0.710. The van der Waals surface area contributed by atoms with Gasteiger partial charge in [0.05, 0.1) is 12.8 Å². The van der Waals surface area contributed by atoms with E-state index in [1.807, 2.05) is 53.2 Å². The van der Waals surface area contributed by atoms with Gasteiger partial charge in [0.15, 0.2) is 0 Å². The van der Waals surface area contributed by atoms with Crippen molar-refractivity contribution in [2.75, 3.05) is 7.11 Å². The molecule has 0 saturated carbocycles. The lowest BCUT2D eigenvalue weighted by Crippen LogP contribution is -1.86. The topological polar surface area (TPSA) is 26.5 Å². The van der Waals surface area contributed by atoms with Gasteiger partial charge in [-0.2, -0.15) is 0 Å². The maximum Gasteiger partial charge on any atom is 0.141 e. The van der Waals surface area contributed by atoms with Gasteiger partial charge in [-0.25, -0.2) is 4.98 Å². The number of methoxy groups -OCH3 is 1. The van der Waals surface area contributed by atoms with Crippen molar-refractivity contribution in [1.29, 1.82) is 0 Å². The molecule has 0 aliphatic rings. The van der Waals surface area contributed by atoms with Gasteiger partial charge in [0.2, 0.25) is 0 Å². The molecule has 0 saturated heterocycles. The summed E-state index contributed by atoms with van der Waals surface area (Å²) in [6, 6.07) is 11.5. The number of rotatable bonds is 2. The van der Waals surface area contributed by atoms with Gasteiger partial charge in [0, 0.05) is 29.0 Å². The van der Waals surface area contributed by atoms with Crippen molar-refractivity contribution in [1.82, 2.24) is 9.38 Å². The third kappa shape index (κ3) is 1.93. The second-order valence-corrected chi connectivity index (χ2v) is 4.40. The van der Waals surface area contributed by atoms with E-state index in [2.05, 4.69) is 4.98 Å². The normalized spacial score (nSPS) is 10.8. The van der Waals surface area contributed by atoms with Gasteiger partial charge in [-0.1, -0.05) is 23.7 Å². The predicted octanol–water partition coefficient (Wildman–Crippen LogP) is 3.66. The Morgan fingerprint density at radius 1 is 1.22 bits per heavy atom. The smallest absolute Gasteiger partial charge is 0.141 e. The molecule has 0 aliphatic carbocycles. The van der Waals surface area contributed by atoms with E-state index in [-0.39, 0.29) is 0 Å². The number of nitrogens with zero attached hydrogens (tertiary/aromatic N) is 2. The largest absolute Gasteiger partial charge is 0.497 e. The van der Waals surface area contributed by atoms with Gasteiger partial charge in [-0.15, -0.1) is 0 Å². The second-order valence-electron chi connectivity index (χ2n) is 3.97. The fraction of sp³-hybridized carbons (Fsp3) is 0.0714. The summed E-state index contributed by atoms with van der Waals surface area (Å²) in [5.41, 5.74) is 2.75. The Morgan fingerprint density at radius 3 is 2.89 bits per heavy atom. The number of ether oxygens (including phenoxy) is 1. The van der Waals surface area contributed by atoms with Crippen LogP contribution in [0.5, 0.6) is 5.75 Å². The highest BCUT2D eigenvalue weighted by atomic mass is 35.5. The Bertz CT molecular complexity index is 706. The van der Waals surface area contributed by atoms with Crippen LogP contribution in [0.3, 0.4) is 0 Å². The van der Waals surface area contributed by atoms with Gasteiger partial charge >= 0.3 is 0 Å². The Morgan fingerprint density at radius 2 is 2.11 bits per heavy atom. The molecule has 0 amide bonds. The molecule has 3 nitrogen and oxygen atoms in total. The number of aromatic nitrogens is 2. The van der Waals surface area contributed by atoms with Crippen LogP contribution in [-0.2, 0) is 0 Å². The monoisotopic (exact) mass is 258 g/mol. The third-order valence-corrected chi connectivity index (χ3v) is 3.02. The standard InChI is InChI=1S/C14H11ClN2O/c1-18-12-5-6-17-9-13(16-14(17)8-12)10-3-2-4-11(15)7-10/h2-9H,1H3. The van der Waals surface area contributed by atoms with Gasteiger partial charge < -0.3 is 9.14 Å². The lowest BCUT2D eigenvalue weighted by Gasteiger charge is -1.98. The van der Waals surface area contributed by atoms with E-state index in [0.717, 1.165) is 22.7 Å². The fourth-order valence-corrected chi connectivity index (χ4v) is 2.07. The van der Waals surface area contributed by atoms with Crippen molar-refractivity contribution in [2.24, 2.45) is 0 Å². The lowest BCUT2D eigenvalue weighted by molar-refractivity contribution is 0.414. The van der Waals surface area contributed by atoms with Crippen LogP contribution >= 0.6 is 11.6 Å². The van der Waals surface area contributed by atoms with E-state index < -0.39 is 0 Å². The number of halogens is 1. The average molecular weight is 259 g/mol. The zero-order chi connectivity index (χ0) is 12.5. The first kappa shape index (κ1) is 11.1. The number of hydrogen-bond acceptors (Lipinski definition) is 2. The first-order valence-corrected chi connectivity index (χ1v) is 5.93. The maximum atomic E-state index is 5.99. The third-order valence-electron chi connectivity index (χ3n) is 2.79. The van der Waals surface area contributed by atoms with E-state index in [9.17, 15) is 0 Å². The number of imidazole rings is 1. The van der Waals surface area contributed by atoms with Gasteiger partial charge in [0.25, 0.3) is 0 Å². The molecule has 0 unspecified atom stereocenters. The summed E-state index contributed by atoms with van der Waals surface area (Å²) < 4.78 is 7.14. The Hall–Kier alpha value is -2.00. The SMILES string of the molecule is COc1ccn2cc(-c3cccc(Cl)c3)nc2c1. The Balaban J connectivity index is 2.13. The maximum absolute atomic E-state index is 5.99. The molecule has 18 heavy (non-hydrogen) atoms.